The standard InChI is InChI=1S/C14H17N3O2/c1-9-5-6-10(7-15)13(17-9)16-8-11-3-2-4-12(11)14(18)19/h5-6,11-12H,2-4,8H2,1H3,(H,16,17)(H,18,19). The molecule has 1 fully saturated rings. The maximum absolute atomic E-state index is 11.1. The Morgan fingerprint density at radius 3 is 3.05 bits per heavy atom. The minimum Gasteiger partial charge on any atom is -0.481 e. The monoisotopic (exact) mass is 259 g/mol. The molecule has 5 heteroatoms. The molecular weight excluding hydrogens is 242 g/mol. The highest BCUT2D eigenvalue weighted by Gasteiger charge is 2.32. The van der Waals surface area contributed by atoms with E-state index in [1.807, 2.05) is 6.92 Å². The van der Waals surface area contributed by atoms with E-state index in [1.165, 1.54) is 0 Å². The Labute approximate surface area is 112 Å². The maximum atomic E-state index is 11.1. The number of aliphatic carboxylic acids is 1. The summed E-state index contributed by atoms with van der Waals surface area (Å²) in [6, 6.07) is 5.61. The zero-order valence-electron chi connectivity index (χ0n) is 10.9. The first-order valence-corrected chi connectivity index (χ1v) is 6.46. The van der Waals surface area contributed by atoms with E-state index in [0.717, 1.165) is 25.0 Å². The summed E-state index contributed by atoms with van der Waals surface area (Å²) in [6.07, 6.45) is 2.61. The first-order chi connectivity index (χ1) is 9.11. The Hall–Kier alpha value is -2.09. The lowest BCUT2D eigenvalue weighted by Gasteiger charge is -2.17. The molecule has 0 aromatic carbocycles. The Balaban J connectivity index is 2.05. The van der Waals surface area contributed by atoms with Gasteiger partial charge in [-0.25, -0.2) is 4.98 Å². The SMILES string of the molecule is Cc1ccc(C#N)c(NCC2CCCC2C(=O)O)n1. The largest absolute Gasteiger partial charge is 0.481 e. The van der Waals surface area contributed by atoms with Crippen molar-refractivity contribution in [3.63, 3.8) is 0 Å². The second-order valence-electron chi connectivity index (χ2n) is 4.98. The van der Waals surface area contributed by atoms with Crippen LogP contribution in [0, 0.1) is 30.1 Å². The lowest BCUT2D eigenvalue weighted by atomic mass is 9.96. The summed E-state index contributed by atoms with van der Waals surface area (Å²) >= 11 is 0. The van der Waals surface area contributed by atoms with Crippen LogP contribution in [0.15, 0.2) is 12.1 Å². The molecule has 1 aromatic rings. The lowest BCUT2D eigenvalue weighted by molar-refractivity contribution is -0.142. The zero-order valence-corrected chi connectivity index (χ0v) is 10.9. The average Bonchev–Trinajstić information content (AvgIpc) is 2.85. The smallest absolute Gasteiger partial charge is 0.306 e. The van der Waals surface area contributed by atoms with E-state index < -0.39 is 5.97 Å². The van der Waals surface area contributed by atoms with Gasteiger partial charge in [0.1, 0.15) is 11.9 Å². The Morgan fingerprint density at radius 1 is 1.58 bits per heavy atom. The van der Waals surface area contributed by atoms with Crippen molar-refractivity contribution in [2.75, 3.05) is 11.9 Å². The molecule has 2 rings (SSSR count). The van der Waals surface area contributed by atoms with Crippen molar-refractivity contribution < 1.29 is 9.90 Å². The van der Waals surface area contributed by atoms with Crippen molar-refractivity contribution in [1.82, 2.24) is 4.98 Å². The number of nitriles is 1. The van der Waals surface area contributed by atoms with Gasteiger partial charge < -0.3 is 10.4 Å². The highest BCUT2D eigenvalue weighted by molar-refractivity contribution is 5.70. The molecule has 1 aliphatic carbocycles. The highest BCUT2D eigenvalue weighted by atomic mass is 16.4. The molecule has 1 saturated carbocycles. The van der Waals surface area contributed by atoms with Crippen LogP contribution in [0.25, 0.3) is 0 Å². The average molecular weight is 259 g/mol. The van der Waals surface area contributed by atoms with Gasteiger partial charge in [-0.3, -0.25) is 4.79 Å². The Morgan fingerprint density at radius 2 is 2.37 bits per heavy atom. The van der Waals surface area contributed by atoms with E-state index in [4.69, 9.17) is 10.4 Å². The summed E-state index contributed by atoms with van der Waals surface area (Å²) in [5, 5.41) is 21.3. The van der Waals surface area contributed by atoms with Crippen LogP contribution < -0.4 is 5.32 Å². The topological polar surface area (TPSA) is 86.0 Å². The summed E-state index contributed by atoms with van der Waals surface area (Å²) in [5.74, 6) is -0.324. The number of carbonyl (C=O) groups is 1. The molecule has 0 bridgehead atoms. The number of rotatable bonds is 4. The van der Waals surface area contributed by atoms with Gasteiger partial charge in [0.25, 0.3) is 0 Å². The normalized spacial score (nSPS) is 21.9. The third kappa shape index (κ3) is 3.02. The van der Waals surface area contributed by atoms with Crippen molar-refractivity contribution in [3.05, 3.63) is 23.4 Å². The Bertz CT molecular complexity index is 522. The molecule has 0 saturated heterocycles. The Kier molecular flexibility index (Phi) is 4.00. The van der Waals surface area contributed by atoms with E-state index in [0.29, 0.717) is 17.9 Å². The molecule has 0 amide bonds. The lowest BCUT2D eigenvalue weighted by Crippen LogP contribution is -2.25. The van der Waals surface area contributed by atoms with E-state index in [1.54, 1.807) is 12.1 Å². The highest BCUT2D eigenvalue weighted by Crippen LogP contribution is 2.32. The molecule has 100 valence electrons. The predicted molar refractivity (Wildman–Crippen MR) is 70.6 cm³/mol. The predicted octanol–water partition coefficient (Wildman–Crippen LogP) is 2.17. The summed E-state index contributed by atoms with van der Waals surface area (Å²) in [5.41, 5.74) is 1.33. The van der Waals surface area contributed by atoms with E-state index >= 15 is 0 Å². The number of nitrogens with one attached hydrogen (secondary N) is 1. The molecule has 2 N–H and O–H groups in total. The molecule has 2 unspecified atom stereocenters. The minimum atomic E-state index is -0.720. The van der Waals surface area contributed by atoms with E-state index in [9.17, 15) is 4.79 Å². The van der Waals surface area contributed by atoms with Crippen LogP contribution >= 0.6 is 0 Å². The van der Waals surface area contributed by atoms with Crippen molar-refractivity contribution >= 4 is 11.8 Å². The van der Waals surface area contributed by atoms with Crippen molar-refractivity contribution in [1.29, 1.82) is 5.26 Å². The third-order valence-corrected chi connectivity index (χ3v) is 3.66. The molecular formula is C14H17N3O2. The van der Waals surface area contributed by atoms with Crippen molar-refractivity contribution in [2.24, 2.45) is 11.8 Å². The summed E-state index contributed by atoms with van der Waals surface area (Å²) in [6.45, 7) is 2.42. The number of anilines is 1. The van der Waals surface area contributed by atoms with E-state index in [2.05, 4.69) is 16.4 Å². The first kappa shape index (κ1) is 13.3. The number of carboxylic acids is 1. The number of carboxylic acid groups (broad SMARTS) is 1. The summed E-state index contributed by atoms with van der Waals surface area (Å²) < 4.78 is 0. The van der Waals surface area contributed by atoms with Gasteiger partial charge in [0.05, 0.1) is 11.5 Å². The number of aromatic nitrogens is 1. The molecule has 1 heterocycles. The van der Waals surface area contributed by atoms with Crippen LogP contribution in [0.5, 0.6) is 0 Å². The van der Waals surface area contributed by atoms with Gasteiger partial charge in [0, 0.05) is 12.2 Å². The van der Waals surface area contributed by atoms with Gasteiger partial charge in [0.2, 0.25) is 0 Å². The fraction of sp³-hybridized carbons (Fsp3) is 0.500. The van der Waals surface area contributed by atoms with Gasteiger partial charge in [-0.05, 0) is 37.8 Å². The molecule has 1 aromatic heterocycles. The van der Waals surface area contributed by atoms with Crippen molar-refractivity contribution in [3.8, 4) is 6.07 Å². The number of aryl methyl sites for hydroxylation is 1. The number of nitrogens with zero attached hydrogens (tertiary/aromatic N) is 2. The fourth-order valence-corrected chi connectivity index (χ4v) is 2.62. The summed E-state index contributed by atoms with van der Waals surface area (Å²) in [7, 11) is 0. The van der Waals surface area contributed by atoms with Gasteiger partial charge >= 0.3 is 5.97 Å². The minimum absolute atomic E-state index is 0.117. The molecule has 1 aliphatic rings. The molecule has 19 heavy (non-hydrogen) atoms. The maximum Gasteiger partial charge on any atom is 0.306 e. The molecule has 5 nitrogen and oxygen atoms in total. The summed E-state index contributed by atoms with van der Waals surface area (Å²) in [4.78, 5) is 15.4. The van der Waals surface area contributed by atoms with Crippen molar-refractivity contribution in [2.45, 2.75) is 26.2 Å². The van der Waals surface area contributed by atoms with Crippen LogP contribution in [-0.2, 0) is 4.79 Å². The zero-order chi connectivity index (χ0) is 13.8. The second kappa shape index (κ2) is 5.70. The van der Waals surface area contributed by atoms with Gasteiger partial charge in [-0.15, -0.1) is 0 Å². The molecule has 0 aliphatic heterocycles. The quantitative estimate of drug-likeness (QED) is 0.865. The van der Waals surface area contributed by atoms with Crippen LogP contribution in [0.4, 0.5) is 5.82 Å². The second-order valence-corrected chi connectivity index (χ2v) is 4.98. The van der Waals surface area contributed by atoms with Crippen LogP contribution in [-0.4, -0.2) is 22.6 Å². The number of hydrogen-bond donors (Lipinski definition) is 2. The third-order valence-electron chi connectivity index (χ3n) is 3.66. The number of hydrogen-bond acceptors (Lipinski definition) is 4. The van der Waals surface area contributed by atoms with Crippen LogP contribution in [0.2, 0.25) is 0 Å². The van der Waals surface area contributed by atoms with Gasteiger partial charge in [-0.2, -0.15) is 5.26 Å². The molecule has 2 atom stereocenters. The molecule has 0 radical (unpaired) electrons. The van der Waals surface area contributed by atoms with E-state index in [-0.39, 0.29) is 11.8 Å². The molecule has 0 spiro atoms. The van der Waals surface area contributed by atoms with Gasteiger partial charge in [0.15, 0.2) is 0 Å². The van der Waals surface area contributed by atoms with Crippen LogP contribution in [0.1, 0.15) is 30.5 Å². The first-order valence-electron chi connectivity index (χ1n) is 6.46. The van der Waals surface area contributed by atoms with Crippen LogP contribution in [0.3, 0.4) is 0 Å². The van der Waals surface area contributed by atoms with Gasteiger partial charge in [-0.1, -0.05) is 6.42 Å². The fourth-order valence-electron chi connectivity index (χ4n) is 2.62. The number of pyridine rings is 1.